The van der Waals surface area contributed by atoms with Gasteiger partial charge in [-0.3, -0.25) is 0 Å². The van der Waals surface area contributed by atoms with E-state index >= 15 is 0 Å². The Labute approximate surface area is 116 Å². The highest BCUT2D eigenvalue weighted by atomic mass is 16.5. The zero-order chi connectivity index (χ0) is 13.7. The van der Waals surface area contributed by atoms with Gasteiger partial charge in [0.1, 0.15) is 6.10 Å². The van der Waals surface area contributed by atoms with Crippen molar-refractivity contribution in [2.24, 2.45) is 5.92 Å². The lowest BCUT2D eigenvalue weighted by Gasteiger charge is -2.35. The van der Waals surface area contributed by atoms with Crippen LogP contribution in [0, 0.1) is 5.92 Å². The van der Waals surface area contributed by atoms with Crippen LogP contribution in [-0.2, 0) is 4.74 Å². The fraction of sp³-hybridized carbons (Fsp3) is 1.00. The maximum Gasteiger partial charge on any atom is 0.111 e. The first-order valence-corrected chi connectivity index (χ1v) is 7.95. The maximum atomic E-state index is 10.2. The van der Waals surface area contributed by atoms with E-state index in [1.165, 1.54) is 38.5 Å². The second-order valence-corrected chi connectivity index (χ2v) is 6.10. The monoisotopic (exact) mass is 271 g/mol. The molecule has 0 unspecified atom stereocenters. The average Bonchev–Trinajstić information content (AvgIpc) is 2.67. The lowest BCUT2D eigenvalue weighted by molar-refractivity contribution is -0.0755. The molecule has 4 heteroatoms. The van der Waals surface area contributed by atoms with Gasteiger partial charge in [-0.2, -0.15) is 0 Å². The van der Waals surface area contributed by atoms with Crippen LogP contribution in [0.3, 0.4) is 0 Å². The minimum absolute atomic E-state index is 0.0940. The topological polar surface area (TPSA) is 61.7 Å². The first kappa shape index (κ1) is 15.2. The molecule has 1 saturated heterocycles. The number of aliphatic hydroxyl groups excluding tert-OH is 2. The van der Waals surface area contributed by atoms with E-state index in [9.17, 15) is 10.2 Å². The van der Waals surface area contributed by atoms with Gasteiger partial charge < -0.3 is 20.3 Å². The van der Waals surface area contributed by atoms with Crippen molar-refractivity contribution < 1.29 is 14.9 Å². The molecule has 2 bridgehead atoms. The van der Waals surface area contributed by atoms with E-state index in [1.54, 1.807) is 0 Å². The van der Waals surface area contributed by atoms with Crippen LogP contribution >= 0.6 is 0 Å². The molecule has 0 aromatic carbocycles. The van der Waals surface area contributed by atoms with Gasteiger partial charge in [0.25, 0.3) is 0 Å². The summed E-state index contributed by atoms with van der Waals surface area (Å²) in [6.45, 7) is 3.79. The Morgan fingerprint density at radius 3 is 2.58 bits per heavy atom. The van der Waals surface area contributed by atoms with Crippen LogP contribution in [0.4, 0.5) is 0 Å². The van der Waals surface area contributed by atoms with Gasteiger partial charge in [0, 0.05) is 12.0 Å². The molecule has 0 aromatic rings. The summed E-state index contributed by atoms with van der Waals surface area (Å²) in [5.74, 6) is 0.204. The van der Waals surface area contributed by atoms with E-state index in [0.717, 1.165) is 13.0 Å². The predicted octanol–water partition coefficient (Wildman–Crippen LogP) is 1.45. The van der Waals surface area contributed by atoms with Crippen molar-refractivity contribution >= 4 is 0 Å². The Kier molecular flexibility index (Phi) is 6.07. The quantitative estimate of drug-likeness (QED) is 0.585. The second-order valence-electron chi connectivity index (χ2n) is 6.10. The van der Waals surface area contributed by atoms with Gasteiger partial charge in [-0.25, -0.2) is 0 Å². The summed E-state index contributed by atoms with van der Waals surface area (Å²) < 4.78 is 5.46. The molecule has 112 valence electrons. The van der Waals surface area contributed by atoms with Crippen LogP contribution in [0.5, 0.6) is 0 Å². The molecule has 0 amide bonds. The summed E-state index contributed by atoms with van der Waals surface area (Å²) in [5, 5.41) is 23.5. The Bertz CT molecular complexity index is 262. The summed E-state index contributed by atoms with van der Waals surface area (Å²) in [6, 6.07) is 0.0940. The highest BCUT2D eigenvalue weighted by Gasteiger charge is 2.48. The van der Waals surface area contributed by atoms with Gasteiger partial charge in [0.2, 0.25) is 0 Å². The van der Waals surface area contributed by atoms with Gasteiger partial charge in [-0.15, -0.1) is 0 Å². The number of fused-ring (bicyclic) bond motifs is 2. The van der Waals surface area contributed by atoms with E-state index in [-0.39, 0.29) is 18.1 Å². The second kappa shape index (κ2) is 7.58. The van der Waals surface area contributed by atoms with Crippen molar-refractivity contribution in [3.05, 3.63) is 0 Å². The molecule has 1 heterocycles. The van der Waals surface area contributed by atoms with Gasteiger partial charge >= 0.3 is 0 Å². The molecule has 5 atom stereocenters. The number of rotatable bonds is 8. The maximum absolute atomic E-state index is 10.2. The number of nitrogens with one attached hydrogen (secondary N) is 1. The molecule has 2 aliphatic rings. The highest BCUT2D eigenvalue weighted by molar-refractivity contribution is 5.00. The molecule has 0 spiro atoms. The van der Waals surface area contributed by atoms with Gasteiger partial charge in [0.05, 0.1) is 18.8 Å². The van der Waals surface area contributed by atoms with Crippen LogP contribution in [0.1, 0.15) is 51.9 Å². The summed E-state index contributed by atoms with van der Waals surface area (Å²) in [6.07, 6.45) is 7.15. The lowest BCUT2D eigenvalue weighted by Crippen LogP contribution is -2.55. The first-order valence-electron chi connectivity index (χ1n) is 7.95. The predicted molar refractivity (Wildman–Crippen MR) is 75.0 cm³/mol. The van der Waals surface area contributed by atoms with Gasteiger partial charge in [0.15, 0.2) is 0 Å². The SMILES string of the molecule is CCCCCCCCN[C@@H]1C[C@@H]2CO[C@H]([C@@H]2O)[C@H]1O. The van der Waals surface area contributed by atoms with Crippen LogP contribution in [0.15, 0.2) is 0 Å². The smallest absolute Gasteiger partial charge is 0.111 e. The zero-order valence-corrected chi connectivity index (χ0v) is 12.1. The molecule has 1 saturated carbocycles. The summed E-state index contributed by atoms with van der Waals surface area (Å²) in [5.41, 5.74) is 0. The zero-order valence-electron chi connectivity index (χ0n) is 12.1. The molecular formula is C15H29NO3. The van der Waals surface area contributed by atoms with Crippen molar-refractivity contribution in [2.45, 2.75) is 76.2 Å². The molecule has 2 rings (SSSR count). The third kappa shape index (κ3) is 3.91. The third-order valence-corrected chi connectivity index (χ3v) is 4.56. The Hall–Kier alpha value is -0.160. The number of aliphatic hydroxyl groups is 2. The Morgan fingerprint density at radius 2 is 1.79 bits per heavy atom. The van der Waals surface area contributed by atoms with Crippen LogP contribution in [0.25, 0.3) is 0 Å². The fourth-order valence-electron chi connectivity index (χ4n) is 3.30. The number of unbranched alkanes of at least 4 members (excludes halogenated alkanes) is 5. The molecule has 1 aliphatic carbocycles. The molecule has 0 radical (unpaired) electrons. The summed E-state index contributed by atoms with van der Waals surface area (Å²) in [4.78, 5) is 0. The molecular weight excluding hydrogens is 242 g/mol. The molecule has 1 aliphatic heterocycles. The highest BCUT2D eigenvalue weighted by Crippen LogP contribution is 2.34. The van der Waals surface area contributed by atoms with Crippen LogP contribution in [-0.4, -0.2) is 47.7 Å². The number of hydrogen-bond donors (Lipinski definition) is 3. The van der Waals surface area contributed by atoms with Crippen molar-refractivity contribution in [1.82, 2.24) is 5.32 Å². The molecule has 19 heavy (non-hydrogen) atoms. The van der Waals surface area contributed by atoms with Crippen molar-refractivity contribution in [3.63, 3.8) is 0 Å². The normalized spacial score (nSPS) is 37.7. The van der Waals surface area contributed by atoms with Crippen molar-refractivity contribution in [1.29, 1.82) is 0 Å². The Balaban J connectivity index is 1.59. The molecule has 4 nitrogen and oxygen atoms in total. The fourth-order valence-corrected chi connectivity index (χ4v) is 3.30. The Morgan fingerprint density at radius 1 is 1.05 bits per heavy atom. The van der Waals surface area contributed by atoms with Gasteiger partial charge in [-0.05, 0) is 19.4 Å². The van der Waals surface area contributed by atoms with Crippen LogP contribution in [0.2, 0.25) is 0 Å². The van der Waals surface area contributed by atoms with Crippen LogP contribution < -0.4 is 5.32 Å². The lowest BCUT2D eigenvalue weighted by atomic mass is 9.82. The minimum Gasteiger partial charge on any atom is -0.390 e. The van der Waals surface area contributed by atoms with E-state index in [4.69, 9.17) is 4.74 Å². The third-order valence-electron chi connectivity index (χ3n) is 4.56. The van der Waals surface area contributed by atoms with Crippen molar-refractivity contribution in [2.75, 3.05) is 13.2 Å². The van der Waals surface area contributed by atoms with E-state index in [0.29, 0.717) is 6.61 Å². The number of ether oxygens (including phenoxy) is 1. The largest absolute Gasteiger partial charge is 0.390 e. The number of hydrogen-bond acceptors (Lipinski definition) is 4. The molecule has 3 N–H and O–H groups in total. The van der Waals surface area contributed by atoms with Crippen molar-refractivity contribution in [3.8, 4) is 0 Å². The van der Waals surface area contributed by atoms with E-state index < -0.39 is 12.2 Å². The average molecular weight is 271 g/mol. The summed E-state index contributed by atoms with van der Waals surface area (Å²) in [7, 11) is 0. The summed E-state index contributed by atoms with van der Waals surface area (Å²) >= 11 is 0. The molecule has 0 aromatic heterocycles. The van der Waals surface area contributed by atoms with Gasteiger partial charge in [-0.1, -0.05) is 39.0 Å². The minimum atomic E-state index is -0.561. The standard InChI is InChI=1S/C15H29NO3/c1-2-3-4-5-6-7-8-16-12-9-11-10-19-15(13(11)17)14(12)18/h11-18H,2-10H2,1H3/t11-,12-,13-,14+,15-/m1/s1. The first-order chi connectivity index (χ1) is 9.24. The van der Waals surface area contributed by atoms with E-state index in [2.05, 4.69) is 12.2 Å². The molecule has 2 fully saturated rings. The van der Waals surface area contributed by atoms with E-state index in [1.807, 2.05) is 0 Å².